The van der Waals surface area contributed by atoms with Gasteiger partial charge in [-0.15, -0.1) is 11.3 Å². The second-order valence-electron chi connectivity index (χ2n) is 1.95. The number of thiophene rings is 1. The highest BCUT2D eigenvalue weighted by Gasteiger charge is 2.12. The van der Waals surface area contributed by atoms with Crippen LogP contribution < -0.4 is 0 Å². The molecular weight excluding hydrogens is 200 g/mol. The van der Waals surface area contributed by atoms with E-state index >= 15 is 0 Å². The highest BCUT2D eigenvalue weighted by molar-refractivity contribution is 7.18. The molecule has 0 bridgehead atoms. The molecule has 5 heteroatoms. The Hall–Kier alpha value is -0.870. The van der Waals surface area contributed by atoms with Gasteiger partial charge < -0.3 is 4.74 Å². The van der Waals surface area contributed by atoms with Gasteiger partial charge in [0.15, 0.2) is 6.29 Å². The van der Waals surface area contributed by atoms with E-state index in [-0.39, 0.29) is 0 Å². The van der Waals surface area contributed by atoms with Crippen LogP contribution in [0.5, 0.6) is 0 Å². The van der Waals surface area contributed by atoms with Crippen molar-refractivity contribution in [3.8, 4) is 0 Å². The first kappa shape index (κ1) is 9.22. The molecule has 1 heterocycles. The average molecular weight is 205 g/mol. The highest BCUT2D eigenvalue weighted by Crippen LogP contribution is 2.26. The predicted octanol–water partition coefficient (Wildman–Crippen LogP) is 2.00. The molecule has 1 rings (SSSR count). The summed E-state index contributed by atoms with van der Waals surface area (Å²) in [6, 6.07) is 1.41. The van der Waals surface area contributed by atoms with E-state index in [0.29, 0.717) is 21.1 Å². The van der Waals surface area contributed by atoms with E-state index in [9.17, 15) is 9.59 Å². The number of rotatable bonds is 2. The number of aldehydes is 1. The van der Waals surface area contributed by atoms with E-state index in [0.717, 1.165) is 11.3 Å². The lowest BCUT2D eigenvalue weighted by atomic mass is 10.3. The Balaban J connectivity index is 3.04. The van der Waals surface area contributed by atoms with E-state index in [1.54, 1.807) is 0 Å². The molecule has 0 amide bonds. The third-order valence-corrected chi connectivity index (χ3v) is 2.60. The van der Waals surface area contributed by atoms with Crippen molar-refractivity contribution in [1.82, 2.24) is 0 Å². The first-order chi connectivity index (χ1) is 5.69. The van der Waals surface area contributed by atoms with Crippen LogP contribution in [-0.2, 0) is 4.74 Å². The van der Waals surface area contributed by atoms with Crippen LogP contribution in [0.25, 0.3) is 0 Å². The second kappa shape index (κ2) is 3.69. The molecule has 0 radical (unpaired) electrons. The highest BCUT2D eigenvalue weighted by atomic mass is 35.5. The molecule has 12 heavy (non-hydrogen) atoms. The summed E-state index contributed by atoms with van der Waals surface area (Å²) in [4.78, 5) is 21.6. The monoisotopic (exact) mass is 204 g/mol. The number of carbonyl (C=O) groups is 2. The Morgan fingerprint density at radius 2 is 2.42 bits per heavy atom. The number of halogens is 1. The molecule has 0 aromatic carbocycles. The van der Waals surface area contributed by atoms with Crippen LogP contribution in [0, 0.1) is 0 Å². The van der Waals surface area contributed by atoms with Crippen molar-refractivity contribution < 1.29 is 14.3 Å². The van der Waals surface area contributed by atoms with Crippen molar-refractivity contribution >= 4 is 35.2 Å². The number of carbonyl (C=O) groups excluding carboxylic acids is 2. The topological polar surface area (TPSA) is 43.4 Å². The van der Waals surface area contributed by atoms with Crippen LogP contribution >= 0.6 is 22.9 Å². The Labute approximate surface area is 77.9 Å². The van der Waals surface area contributed by atoms with Crippen LogP contribution in [0.15, 0.2) is 6.07 Å². The van der Waals surface area contributed by atoms with Gasteiger partial charge in [-0.3, -0.25) is 4.79 Å². The molecule has 0 aliphatic rings. The van der Waals surface area contributed by atoms with E-state index in [2.05, 4.69) is 4.74 Å². The maximum absolute atomic E-state index is 10.9. The molecule has 0 saturated heterocycles. The number of ether oxygens (including phenoxy) is 1. The van der Waals surface area contributed by atoms with Crippen molar-refractivity contribution in [2.45, 2.75) is 0 Å². The summed E-state index contributed by atoms with van der Waals surface area (Å²) in [6.45, 7) is 0. The zero-order valence-electron chi connectivity index (χ0n) is 6.17. The largest absolute Gasteiger partial charge is 0.465 e. The summed E-state index contributed by atoms with van der Waals surface area (Å²) in [5, 5.41) is 0. The first-order valence-electron chi connectivity index (χ1n) is 3.02. The Bertz CT molecular complexity index is 318. The van der Waals surface area contributed by atoms with E-state index in [1.807, 2.05) is 0 Å². The molecule has 3 nitrogen and oxygen atoms in total. The van der Waals surface area contributed by atoms with Gasteiger partial charge in [-0.2, -0.15) is 0 Å². The Kier molecular flexibility index (Phi) is 2.83. The SMILES string of the molecule is COC(=O)c1cc(C=O)c(Cl)s1. The van der Waals surface area contributed by atoms with Gasteiger partial charge in [0.2, 0.25) is 0 Å². The van der Waals surface area contributed by atoms with Gasteiger partial charge in [0.1, 0.15) is 9.21 Å². The minimum atomic E-state index is -0.477. The van der Waals surface area contributed by atoms with Gasteiger partial charge >= 0.3 is 5.97 Å². The molecule has 0 spiro atoms. The molecule has 1 aromatic heterocycles. The van der Waals surface area contributed by atoms with Crippen molar-refractivity contribution in [3.63, 3.8) is 0 Å². The zero-order valence-corrected chi connectivity index (χ0v) is 7.74. The zero-order chi connectivity index (χ0) is 9.14. The third kappa shape index (κ3) is 1.65. The van der Waals surface area contributed by atoms with Gasteiger partial charge in [-0.1, -0.05) is 11.6 Å². The van der Waals surface area contributed by atoms with Crippen molar-refractivity contribution in [2.24, 2.45) is 0 Å². The van der Waals surface area contributed by atoms with Gasteiger partial charge in [0.05, 0.1) is 7.11 Å². The maximum atomic E-state index is 10.9. The molecule has 0 atom stereocenters. The summed E-state index contributed by atoms with van der Waals surface area (Å²) in [6.07, 6.45) is 0.602. The average Bonchev–Trinajstić information content (AvgIpc) is 2.45. The first-order valence-corrected chi connectivity index (χ1v) is 4.21. The fraction of sp³-hybridized carbons (Fsp3) is 0.143. The summed E-state index contributed by atoms with van der Waals surface area (Å²) in [5.41, 5.74) is 0.321. The van der Waals surface area contributed by atoms with E-state index in [1.165, 1.54) is 13.2 Å². The second-order valence-corrected chi connectivity index (χ2v) is 3.60. The molecule has 0 aliphatic heterocycles. The van der Waals surface area contributed by atoms with Crippen LogP contribution in [0.1, 0.15) is 20.0 Å². The number of esters is 1. The maximum Gasteiger partial charge on any atom is 0.348 e. The molecule has 0 fully saturated rings. The van der Waals surface area contributed by atoms with Crippen LogP contribution in [0.4, 0.5) is 0 Å². The summed E-state index contributed by atoms with van der Waals surface area (Å²) in [7, 11) is 1.27. The van der Waals surface area contributed by atoms with Gasteiger partial charge in [-0.05, 0) is 6.07 Å². The minimum absolute atomic E-state index is 0.311. The smallest absolute Gasteiger partial charge is 0.348 e. The molecule has 0 aliphatic carbocycles. The summed E-state index contributed by atoms with van der Waals surface area (Å²) < 4.78 is 4.76. The summed E-state index contributed by atoms with van der Waals surface area (Å²) in [5.74, 6) is -0.477. The van der Waals surface area contributed by atoms with Crippen molar-refractivity contribution in [1.29, 1.82) is 0 Å². The predicted molar refractivity (Wildman–Crippen MR) is 46.1 cm³/mol. The third-order valence-electron chi connectivity index (χ3n) is 1.23. The summed E-state index contributed by atoms with van der Waals surface area (Å²) >= 11 is 6.66. The fourth-order valence-corrected chi connectivity index (χ4v) is 1.78. The minimum Gasteiger partial charge on any atom is -0.465 e. The molecule has 0 N–H and O–H groups in total. The van der Waals surface area contributed by atoms with Gasteiger partial charge in [0, 0.05) is 5.56 Å². The number of hydrogen-bond acceptors (Lipinski definition) is 4. The Morgan fingerprint density at radius 3 is 2.83 bits per heavy atom. The number of hydrogen-bond donors (Lipinski definition) is 0. The molecule has 0 unspecified atom stereocenters. The molecule has 1 aromatic rings. The van der Waals surface area contributed by atoms with Crippen LogP contribution in [0.2, 0.25) is 4.34 Å². The van der Waals surface area contributed by atoms with Crippen LogP contribution in [0.3, 0.4) is 0 Å². The van der Waals surface area contributed by atoms with Crippen molar-refractivity contribution in [2.75, 3.05) is 7.11 Å². The molecular formula is C7H5ClO3S. The lowest BCUT2D eigenvalue weighted by Gasteiger charge is -1.90. The quantitative estimate of drug-likeness (QED) is 0.547. The molecule has 64 valence electrons. The standard InChI is InChI=1S/C7H5ClO3S/c1-11-7(10)5-2-4(3-9)6(8)12-5/h2-3H,1H3. The molecule has 0 saturated carbocycles. The van der Waals surface area contributed by atoms with Crippen LogP contribution in [-0.4, -0.2) is 19.4 Å². The van der Waals surface area contributed by atoms with E-state index in [4.69, 9.17) is 11.6 Å². The number of methoxy groups -OCH3 is 1. The van der Waals surface area contributed by atoms with Gasteiger partial charge in [-0.25, -0.2) is 4.79 Å². The normalized spacial score (nSPS) is 9.50. The lowest BCUT2D eigenvalue weighted by Crippen LogP contribution is -1.96. The van der Waals surface area contributed by atoms with E-state index < -0.39 is 5.97 Å². The lowest BCUT2D eigenvalue weighted by molar-refractivity contribution is 0.0606. The van der Waals surface area contributed by atoms with Gasteiger partial charge in [0.25, 0.3) is 0 Å². The van der Waals surface area contributed by atoms with Crippen molar-refractivity contribution in [3.05, 3.63) is 20.8 Å². The fourth-order valence-electron chi connectivity index (χ4n) is 0.664. The Morgan fingerprint density at radius 1 is 1.75 bits per heavy atom.